The number of hydrogen-bond acceptors (Lipinski definition) is 9. The molecule has 4 aliphatic rings. The van der Waals surface area contributed by atoms with Gasteiger partial charge in [-0.1, -0.05) is 12.8 Å². The van der Waals surface area contributed by atoms with Crippen molar-refractivity contribution < 1.29 is 13.6 Å². The Balaban J connectivity index is 1.28. The Morgan fingerprint density at radius 2 is 0.870 bits per heavy atom. The molecule has 0 aromatic carbocycles. The van der Waals surface area contributed by atoms with Crippen LogP contribution in [0, 0.1) is 0 Å². The zero-order valence-corrected chi connectivity index (χ0v) is 29.2. The number of likely N-dealkylation sites (tertiary alicyclic amines) is 2. The highest BCUT2D eigenvalue weighted by Crippen LogP contribution is 2.36. The number of carbonyl (C=O) groups is 1. The highest BCUT2D eigenvalue weighted by molar-refractivity contribution is 5.90. The van der Waals surface area contributed by atoms with E-state index < -0.39 is 12.1 Å². The summed E-state index contributed by atoms with van der Waals surface area (Å²) in [6.07, 6.45) is 7.65. The molecule has 0 amide bonds. The van der Waals surface area contributed by atoms with E-state index in [1.165, 1.54) is 38.5 Å². The highest BCUT2D eigenvalue weighted by Gasteiger charge is 2.42. The summed E-state index contributed by atoms with van der Waals surface area (Å²) < 4.78 is 13.3. The Morgan fingerprint density at radius 1 is 0.522 bits per heavy atom. The van der Waals surface area contributed by atoms with Crippen LogP contribution in [0.1, 0.15) is 101 Å². The molecule has 2 unspecified atom stereocenters. The molecule has 46 heavy (non-hydrogen) atoms. The third kappa shape index (κ3) is 8.34. The Kier molecular flexibility index (Phi) is 11.7. The lowest BCUT2D eigenvalue weighted by molar-refractivity contribution is -0.133. The minimum Gasteiger partial charge on any atom is -0.463 e. The Labute approximate surface area is 277 Å². The minimum absolute atomic E-state index is 0.189. The summed E-state index contributed by atoms with van der Waals surface area (Å²) in [6.45, 7) is 22.4. The van der Waals surface area contributed by atoms with Crippen LogP contribution in [-0.4, -0.2) is 126 Å². The summed E-state index contributed by atoms with van der Waals surface area (Å²) >= 11 is 0. The van der Waals surface area contributed by atoms with E-state index in [9.17, 15) is 0 Å². The van der Waals surface area contributed by atoms with Gasteiger partial charge in [0, 0.05) is 64.4 Å². The molecule has 6 heterocycles. The molecule has 9 nitrogen and oxygen atoms in total. The lowest BCUT2D eigenvalue weighted by atomic mass is 9.96. The SMILES string of the molecule is CC(C)N1CCN(C(C(=O)C(c2ccc(CN3CCCCC3)o2)N2CCN(C(C)C)CC2)c2ccc(CN3CCCCC3)o2)CC1. The number of rotatable bonds is 12. The second-order valence-corrected chi connectivity index (χ2v) is 14.8. The Hall–Kier alpha value is -2.01. The molecule has 0 N–H and O–H groups in total. The molecule has 2 aromatic rings. The van der Waals surface area contributed by atoms with E-state index in [1.54, 1.807) is 0 Å². The maximum Gasteiger partial charge on any atom is 0.182 e. The van der Waals surface area contributed by atoms with Crippen molar-refractivity contribution >= 4 is 5.78 Å². The van der Waals surface area contributed by atoms with Crippen molar-refractivity contribution in [3.8, 4) is 0 Å². The van der Waals surface area contributed by atoms with Crippen LogP contribution in [-0.2, 0) is 17.9 Å². The van der Waals surface area contributed by atoms with E-state index in [-0.39, 0.29) is 5.78 Å². The van der Waals surface area contributed by atoms with E-state index in [1.807, 2.05) is 0 Å². The van der Waals surface area contributed by atoms with Crippen LogP contribution in [0.3, 0.4) is 0 Å². The van der Waals surface area contributed by atoms with Crippen molar-refractivity contribution in [1.29, 1.82) is 0 Å². The van der Waals surface area contributed by atoms with Crippen molar-refractivity contribution in [1.82, 2.24) is 29.4 Å². The van der Waals surface area contributed by atoms with Crippen molar-refractivity contribution in [2.24, 2.45) is 0 Å². The molecule has 0 aliphatic carbocycles. The zero-order chi connectivity index (χ0) is 32.0. The summed E-state index contributed by atoms with van der Waals surface area (Å²) in [7, 11) is 0. The van der Waals surface area contributed by atoms with Crippen molar-refractivity contribution in [3.63, 3.8) is 0 Å². The average molecular weight is 637 g/mol. The van der Waals surface area contributed by atoms with Crippen molar-refractivity contribution in [2.45, 2.75) is 103 Å². The fourth-order valence-electron chi connectivity index (χ4n) is 8.10. The third-order valence-electron chi connectivity index (χ3n) is 11.0. The standard InChI is InChI=1S/C37H60N6O3/c1-29(2)40-19-23-42(24-20-40)35(33-13-11-31(45-33)27-38-15-7-5-8-16-38)37(44)36(43-25-21-41(22-26-43)30(3)4)34-14-12-32(46-34)28-39-17-9-6-10-18-39/h11-14,29-30,35-36H,5-10,15-28H2,1-4H3. The molecular weight excluding hydrogens is 576 g/mol. The van der Waals surface area contributed by atoms with E-state index in [0.717, 1.165) is 115 Å². The van der Waals surface area contributed by atoms with Gasteiger partial charge in [0.25, 0.3) is 0 Å². The first-order valence-corrected chi connectivity index (χ1v) is 18.5. The average Bonchev–Trinajstić information content (AvgIpc) is 3.72. The molecular formula is C37H60N6O3. The van der Waals surface area contributed by atoms with E-state index >= 15 is 4.79 Å². The normalized spacial score (nSPS) is 23.8. The highest BCUT2D eigenvalue weighted by atomic mass is 16.3. The molecule has 6 rings (SSSR count). The molecule has 0 bridgehead atoms. The van der Waals surface area contributed by atoms with E-state index in [2.05, 4.69) is 81.4 Å². The number of furan rings is 2. The Bertz CT molecular complexity index is 1120. The summed E-state index contributed by atoms with van der Waals surface area (Å²) in [4.78, 5) is 30.0. The predicted molar refractivity (Wildman–Crippen MR) is 183 cm³/mol. The molecule has 256 valence electrons. The molecule has 4 aliphatic heterocycles. The fraction of sp³-hybridized carbons (Fsp3) is 0.757. The first-order chi connectivity index (χ1) is 22.4. The number of piperidine rings is 2. The van der Waals surface area contributed by atoms with Gasteiger partial charge in [-0.25, -0.2) is 0 Å². The van der Waals surface area contributed by atoms with E-state index in [4.69, 9.17) is 8.83 Å². The molecule has 2 aromatic heterocycles. The van der Waals surface area contributed by atoms with Crippen molar-refractivity contribution in [2.75, 3.05) is 78.5 Å². The van der Waals surface area contributed by atoms with Crippen LogP contribution in [0.4, 0.5) is 0 Å². The lowest BCUT2D eigenvalue weighted by Gasteiger charge is -2.43. The van der Waals surface area contributed by atoms with Gasteiger partial charge < -0.3 is 8.83 Å². The molecule has 4 saturated heterocycles. The summed E-state index contributed by atoms with van der Waals surface area (Å²) in [5, 5.41) is 0. The molecule has 4 fully saturated rings. The number of Topliss-reactive ketones (excluding diaryl/α,β-unsaturated/α-hetero) is 1. The third-order valence-corrected chi connectivity index (χ3v) is 11.0. The van der Waals surface area contributed by atoms with Gasteiger partial charge >= 0.3 is 0 Å². The summed E-state index contributed by atoms with van der Waals surface area (Å²) in [6, 6.07) is 8.55. The van der Waals surface area contributed by atoms with Gasteiger partial charge in [-0.2, -0.15) is 0 Å². The number of carbonyl (C=O) groups excluding carboxylic acids is 1. The van der Waals surface area contributed by atoms with Gasteiger partial charge in [-0.3, -0.25) is 34.2 Å². The predicted octanol–water partition coefficient (Wildman–Crippen LogP) is 5.25. The van der Waals surface area contributed by atoms with Crippen LogP contribution in [0.25, 0.3) is 0 Å². The number of hydrogen-bond donors (Lipinski definition) is 0. The fourth-order valence-corrected chi connectivity index (χ4v) is 8.10. The number of nitrogens with zero attached hydrogens (tertiary/aromatic N) is 6. The van der Waals surface area contributed by atoms with E-state index in [0.29, 0.717) is 12.1 Å². The maximum absolute atomic E-state index is 15.2. The van der Waals surface area contributed by atoms with Crippen LogP contribution in [0.2, 0.25) is 0 Å². The first-order valence-electron chi connectivity index (χ1n) is 18.5. The molecule has 0 saturated carbocycles. The lowest BCUT2D eigenvalue weighted by Crippen LogP contribution is -2.54. The van der Waals surface area contributed by atoms with Crippen LogP contribution in [0.15, 0.2) is 33.1 Å². The summed E-state index contributed by atoms with van der Waals surface area (Å²) in [5.41, 5.74) is 0. The largest absolute Gasteiger partial charge is 0.463 e. The number of piperazine rings is 2. The van der Waals surface area contributed by atoms with Crippen LogP contribution < -0.4 is 0 Å². The smallest absolute Gasteiger partial charge is 0.182 e. The maximum atomic E-state index is 15.2. The number of ketones is 1. The minimum atomic E-state index is -0.437. The monoisotopic (exact) mass is 636 g/mol. The summed E-state index contributed by atoms with van der Waals surface area (Å²) in [5.74, 6) is 3.72. The van der Waals surface area contributed by atoms with Gasteiger partial charge in [-0.15, -0.1) is 0 Å². The molecule has 2 atom stereocenters. The molecule has 9 heteroatoms. The van der Waals surface area contributed by atoms with Crippen LogP contribution >= 0.6 is 0 Å². The molecule has 0 spiro atoms. The van der Waals surface area contributed by atoms with Crippen molar-refractivity contribution in [3.05, 3.63) is 47.3 Å². The first kappa shape index (κ1) is 33.9. The van der Waals surface area contributed by atoms with Gasteiger partial charge in [0.2, 0.25) is 0 Å². The van der Waals surface area contributed by atoms with Gasteiger partial charge in [0.15, 0.2) is 5.78 Å². The second-order valence-electron chi connectivity index (χ2n) is 14.8. The Morgan fingerprint density at radius 3 is 1.22 bits per heavy atom. The topological polar surface area (TPSA) is 62.8 Å². The zero-order valence-electron chi connectivity index (χ0n) is 29.2. The van der Waals surface area contributed by atoms with Gasteiger partial charge in [-0.05, 0) is 104 Å². The van der Waals surface area contributed by atoms with Gasteiger partial charge in [0.05, 0.1) is 13.1 Å². The van der Waals surface area contributed by atoms with Gasteiger partial charge in [0.1, 0.15) is 35.1 Å². The van der Waals surface area contributed by atoms with Crippen LogP contribution in [0.5, 0.6) is 0 Å². The molecule has 0 radical (unpaired) electrons. The second kappa shape index (κ2) is 15.9. The quantitative estimate of drug-likeness (QED) is 0.311.